The minimum absolute atomic E-state index is 0.146. The number of sulfone groups is 1. The van der Waals surface area contributed by atoms with Crippen LogP contribution < -0.4 is 5.32 Å². The van der Waals surface area contributed by atoms with Crippen molar-refractivity contribution in [3.63, 3.8) is 0 Å². The van der Waals surface area contributed by atoms with Gasteiger partial charge in [0.25, 0.3) is 0 Å². The quantitative estimate of drug-likeness (QED) is 0.665. The van der Waals surface area contributed by atoms with Crippen molar-refractivity contribution >= 4 is 9.84 Å². The van der Waals surface area contributed by atoms with Gasteiger partial charge in [0, 0.05) is 19.3 Å². The summed E-state index contributed by atoms with van der Waals surface area (Å²) >= 11 is 0. The van der Waals surface area contributed by atoms with Gasteiger partial charge in [-0.05, 0) is 6.92 Å². The Morgan fingerprint density at radius 2 is 2.27 bits per heavy atom. The van der Waals surface area contributed by atoms with Crippen molar-refractivity contribution < 1.29 is 8.42 Å². The highest BCUT2D eigenvalue weighted by Crippen LogP contribution is 1.93. The summed E-state index contributed by atoms with van der Waals surface area (Å²) in [4.78, 5) is 0. The van der Waals surface area contributed by atoms with Crippen LogP contribution in [0.1, 0.15) is 12.7 Å². The summed E-state index contributed by atoms with van der Waals surface area (Å²) in [5, 5.41) is 10.7. The molecule has 7 heteroatoms. The first-order valence-corrected chi connectivity index (χ1v) is 6.84. The summed E-state index contributed by atoms with van der Waals surface area (Å²) in [6, 6.07) is 0. The topological polar surface area (TPSA) is 76.9 Å². The zero-order valence-electron chi connectivity index (χ0n) is 8.97. The van der Waals surface area contributed by atoms with E-state index < -0.39 is 9.84 Å². The maximum absolute atomic E-state index is 10.8. The molecule has 15 heavy (non-hydrogen) atoms. The van der Waals surface area contributed by atoms with Gasteiger partial charge >= 0.3 is 0 Å². The van der Waals surface area contributed by atoms with E-state index in [2.05, 4.69) is 15.5 Å². The molecule has 0 aliphatic heterocycles. The molecule has 1 heterocycles. The summed E-state index contributed by atoms with van der Waals surface area (Å²) in [5.41, 5.74) is 0. The van der Waals surface area contributed by atoms with Gasteiger partial charge in [0.05, 0.1) is 12.3 Å². The van der Waals surface area contributed by atoms with Crippen LogP contribution in [0.25, 0.3) is 0 Å². The van der Waals surface area contributed by atoms with E-state index in [0.717, 1.165) is 12.4 Å². The molecule has 0 radical (unpaired) electrons. The van der Waals surface area contributed by atoms with E-state index in [1.807, 2.05) is 11.5 Å². The van der Waals surface area contributed by atoms with Crippen molar-refractivity contribution in [2.24, 2.45) is 0 Å². The molecule has 0 aromatic carbocycles. The van der Waals surface area contributed by atoms with Gasteiger partial charge in [-0.2, -0.15) is 0 Å². The summed E-state index contributed by atoms with van der Waals surface area (Å²) in [6.07, 6.45) is 2.89. The smallest absolute Gasteiger partial charge is 0.148 e. The third-order valence-electron chi connectivity index (χ3n) is 1.97. The van der Waals surface area contributed by atoms with Crippen molar-refractivity contribution in [2.45, 2.75) is 20.0 Å². The van der Waals surface area contributed by atoms with Gasteiger partial charge in [-0.25, -0.2) is 8.42 Å². The fourth-order valence-electron chi connectivity index (χ4n) is 1.14. The molecule has 0 saturated heterocycles. The molecule has 0 saturated carbocycles. The predicted octanol–water partition coefficient (Wildman–Crippen LogP) is -0.568. The molecule has 0 atom stereocenters. The van der Waals surface area contributed by atoms with E-state index in [1.54, 1.807) is 6.33 Å². The molecule has 0 aliphatic rings. The largest absolute Gasteiger partial charge is 0.317 e. The number of hydrogen-bond donors (Lipinski definition) is 1. The van der Waals surface area contributed by atoms with Crippen LogP contribution in [0.3, 0.4) is 0 Å². The van der Waals surface area contributed by atoms with Gasteiger partial charge in [0.15, 0.2) is 0 Å². The average molecular weight is 232 g/mol. The van der Waals surface area contributed by atoms with Crippen LogP contribution in [0, 0.1) is 0 Å². The van der Waals surface area contributed by atoms with Crippen LogP contribution in [-0.4, -0.2) is 41.7 Å². The molecule has 86 valence electrons. The molecule has 1 rings (SSSR count). The number of aromatic nitrogens is 3. The van der Waals surface area contributed by atoms with E-state index in [4.69, 9.17) is 0 Å². The summed E-state index contributed by atoms with van der Waals surface area (Å²) in [5.74, 6) is 0.971. The number of nitrogens with zero attached hydrogens (tertiary/aromatic N) is 3. The Bertz CT molecular complexity index is 399. The standard InChI is InChI=1S/C8H16N4O2S/c1-3-12-7-10-11-8(12)6-9-4-5-15(2,13)14/h7,9H,3-6H2,1-2H3. The molecule has 1 N–H and O–H groups in total. The molecule has 0 fully saturated rings. The lowest BCUT2D eigenvalue weighted by atomic mass is 10.5. The van der Waals surface area contributed by atoms with Gasteiger partial charge < -0.3 is 9.88 Å². The predicted molar refractivity (Wildman–Crippen MR) is 57.1 cm³/mol. The van der Waals surface area contributed by atoms with E-state index >= 15 is 0 Å². The average Bonchev–Trinajstić information content (AvgIpc) is 2.58. The number of aryl methyl sites for hydroxylation is 1. The minimum atomic E-state index is -2.89. The second-order valence-corrected chi connectivity index (χ2v) is 5.60. The first-order valence-electron chi connectivity index (χ1n) is 4.78. The van der Waals surface area contributed by atoms with Crippen LogP contribution in [-0.2, 0) is 22.9 Å². The first-order chi connectivity index (χ1) is 7.03. The van der Waals surface area contributed by atoms with Crippen LogP contribution in [0.4, 0.5) is 0 Å². The van der Waals surface area contributed by atoms with Crippen molar-refractivity contribution in [1.29, 1.82) is 0 Å². The Hall–Kier alpha value is -0.950. The summed E-state index contributed by atoms with van der Waals surface area (Å²) in [7, 11) is -2.89. The van der Waals surface area contributed by atoms with Crippen LogP contribution in [0.15, 0.2) is 6.33 Å². The Labute approximate surface area is 89.6 Å². The number of rotatable bonds is 6. The maximum Gasteiger partial charge on any atom is 0.148 e. The van der Waals surface area contributed by atoms with Crippen LogP contribution in [0.2, 0.25) is 0 Å². The highest BCUT2D eigenvalue weighted by atomic mass is 32.2. The SMILES string of the molecule is CCn1cnnc1CNCCS(C)(=O)=O. The Morgan fingerprint density at radius 1 is 1.53 bits per heavy atom. The molecule has 0 bridgehead atoms. The second-order valence-electron chi connectivity index (χ2n) is 3.34. The van der Waals surface area contributed by atoms with Gasteiger partial charge in [0.1, 0.15) is 22.0 Å². The third kappa shape index (κ3) is 4.39. The normalized spacial score (nSPS) is 11.9. The molecular weight excluding hydrogens is 216 g/mol. The van der Waals surface area contributed by atoms with E-state index in [1.165, 1.54) is 6.26 Å². The van der Waals surface area contributed by atoms with E-state index in [-0.39, 0.29) is 5.75 Å². The Morgan fingerprint density at radius 3 is 2.87 bits per heavy atom. The molecule has 0 unspecified atom stereocenters. The minimum Gasteiger partial charge on any atom is -0.317 e. The van der Waals surface area contributed by atoms with Crippen molar-refractivity contribution in [3.8, 4) is 0 Å². The van der Waals surface area contributed by atoms with Gasteiger partial charge in [-0.1, -0.05) is 0 Å². The van der Waals surface area contributed by atoms with Crippen molar-refractivity contribution in [2.75, 3.05) is 18.6 Å². The Balaban J connectivity index is 2.32. The molecule has 0 amide bonds. The highest BCUT2D eigenvalue weighted by molar-refractivity contribution is 7.90. The molecule has 1 aromatic heterocycles. The van der Waals surface area contributed by atoms with Crippen molar-refractivity contribution in [3.05, 3.63) is 12.2 Å². The number of hydrogen-bond acceptors (Lipinski definition) is 5. The molecule has 1 aromatic rings. The van der Waals surface area contributed by atoms with Gasteiger partial charge in [-0.15, -0.1) is 10.2 Å². The monoisotopic (exact) mass is 232 g/mol. The lowest BCUT2D eigenvalue weighted by molar-refractivity contribution is 0.590. The van der Waals surface area contributed by atoms with E-state index in [0.29, 0.717) is 13.1 Å². The van der Waals surface area contributed by atoms with E-state index in [9.17, 15) is 8.42 Å². The lowest BCUT2D eigenvalue weighted by Gasteiger charge is -2.04. The van der Waals surface area contributed by atoms with Gasteiger partial charge in [-0.3, -0.25) is 0 Å². The highest BCUT2D eigenvalue weighted by Gasteiger charge is 2.03. The van der Waals surface area contributed by atoms with Crippen molar-refractivity contribution in [1.82, 2.24) is 20.1 Å². The second kappa shape index (κ2) is 5.22. The van der Waals surface area contributed by atoms with Crippen LogP contribution >= 0.6 is 0 Å². The van der Waals surface area contributed by atoms with Gasteiger partial charge in [0.2, 0.25) is 0 Å². The molecule has 0 aliphatic carbocycles. The third-order valence-corrected chi connectivity index (χ3v) is 2.91. The molecular formula is C8H16N4O2S. The lowest BCUT2D eigenvalue weighted by Crippen LogP contribution is -2.23. The Kier molecular flexibility index (Phi) is 4.22. The van der Waals surface area contributed by atoms with Crippen LogP contribution in [0.5, 0.6) is 0 Å². The molecule has 6 nitrogen and oxygen atoms in total. The number of nitrogens with one attached hydrogen (secondary N) is 1. The zero-order valence-corrected chi connectivity index (χ0v) is 9.79. The maximum atomic E-state index is 10.8. The zero-order chi connectivity index (χ0) is 11.3. The fraction of sp³-hybridized carbons (Fsp3) is 0.750. The summed E-state index contributed by atoms with van der Waals surface area (Å²) < 4.78 is 23.6. The molecule has 0 spiro atoms. The fourth-order valence-corrected chi connectivity index (χ4v) is 1.65. The summed E-state index contributed by atoms with van der Waals surface area (Å²) in [6.45, 7) is 3.80. The first kappa shape index (κ1) is 12.1.